The van der Waals surface area contributed by atoms with Gasteiger partial charge in [0.15, 0.2) is 5.76 Å². The van der Waals surface area contributed by atoms with Crippen LogP contribution < -0.4 is 5.32 Å². The van der Waals surface area contributed by atoms with Crippen molar-refractivity contribution in [2.75, 3.05) is 5.32 Å². The second-order valence-corrected chi connectivity index (χ2v) is 5.32. The lowest BCUT2D eigenvalue weighted by Gasteiger charge is -2.05. The van der Waals surface area contributed by atoms with Crippen LogP contribution in [0.4, 0.5) is 5.69 Å². The van der Waals surface area contributed by atoms with Gasteiger partial charge in [-0.25, -0.2) is 4.79 Å². The Kier molecular flexibility index (Phi) is 4.06. The van der Waals surface area contributed by atoms with E-state index in [1.807, 2.05) is 0 Å². The summed E-state index contributed by atoms with van der Waals surface area (Å²) in [6.07, 6.45) is 0. The predicted molar refractivity (Wildman–Crippen MR) is 75.5 cm³/mol. The normalized spacial score (nSPS) is 10.2. The Morgan fingerprint density at radius 2 is 1.79 bits per heavy atom. The molecule has 2 aromatic rings. The van der Waals surface area contributed by atoms with Crippen molar-refractivity contribution < 1.29 is 19.1 Å². The molecule has 1 aromatic carbocycles. The van der Waals surface area contributed by atoms with E-state index in [2.05, 4.69) is 37.2 Å². The van der Waals surface area contributed by atoms with Gasteiger partial charge in [-0.2, -0.15) is 0 Å². The Labute approximate surface area is 124 Å². The second kappa shape index (κ2) is 5.58. The first-order valence-corrected chi connectivity index (χ1v) is 6.65. The van der Waals surface area contributed by atoms with Gasteiger partial charge in [-0.15, -0.1) is 0 Å². The molecule has 1 heterocycles. The number of carboxylic acid groups (broad SMARTS) is 1. The van der Waals surface area contributed by atoms with Crippen LogP contribution in [0.1, 0.15) is 21.1 Å². The monoisotopic (exact) mass is 387 g/mol. The van der Waals surface area contributed by atoms with Crippen molar-refractivity contribution in [2.24, 2.45) is 0 Å². The van der Waals surface area contributed by atoms with E-state index in [-0.39, 0.29) is 11.5 Å². The van der Waals surface area contributed by atoms with Crippen molar-refractivity contribution in [2.45, 2.75) is 0 Å². The molecule has 0 atom stereocenters. The van der Waals surface area contributed by atoms with E-state index in [1.54, 1.807) is 18.2 Å². The molecular formula is C12H7Br2NO4. The lowest BCUT2D eigenvalue weighted by molar-refractivity contribution is 0.0660. The van der Waals surface area contributed by atoms with E-state index in [0.29, 0.717) is 10.2 Å². The summed E-state index contributed by atoms with van der Waals surface area (Å²) in [5, 5.41) is 11.3. The smallest absolute Gasteiger partial charge is 0.371 e. The Morgan fingerprint density at radius 1 is 1.11 bits per heavy atom. The molecule has 1 amide bonds. The fraction of sp³-hybridized carbons (Fsp3) is 0. The minimum Gasteiger partial charge on any atom is -0.475 e. The van der Waals surface area contributed by atoms with Gasteiger partial charge in [0, 0.05) is 8.95 Å². The number of halogens is 2. The van der Waals surface area contributed by atoms with E-state index < -0.39 is 11.9 Å². The second-order valence-electron chi connectivity index (χ2n) is 3.55. The Morgan fingerprint density at radius 3 is 2.37 bits per heavy atom. The number of furan rings is 1. The number of hydrogen-bond donors (Lipinski definition) is 2. The zero-order valence-electron chi connectivity index (χ0n) is 9.31. The third-order valence-electron chi connectivity index (χ3n) is 2.22. The zero-order chi connectivity index (χ0) is 14.0. The van der Waals surface area contributed by atoms with Gasteiger partial charge in [-0.05, 0) is 46.3 Å². The molecule has 0 spiro atoms. The minimum atomic E-state index is -1.22. The Hall–Kier alpha value is -1.60. The van der Waals surface area contributed by atoms with Gasteiger partial charge in [0.05, 0.1) is 5.69 Å². The number of carbonyl (C=O) groups is 2. The van der Waals surface area contributed by atoms with Crippen molar-refractivity contribution in [3.8, 4) is 0 Å². The molecule has 0 radical (unpaired) electrons. The molecule has 5 nitrogen and oxygen atoms in total. The summed E-state index contributed by atoms with van der Waals surface area (Å²) in [5.41, 5.74) is 0.557. The highest BCUT2D eigenvalue weighted by molar-refractivity contribution is 9.11. The van der Waals surface area contributed by atoms with E-state index in [9.17, 15) is 9.59 Å². The molecule has 2 N–H and O–H groups in total. The highest BCUT2D eigenvalue weighted by Gasteiger charge is 2.15. The summed E-state index contributed by atoms with van der Waals surface area (Å²) in [7, 11) is 0. The summed E-state index contributed by atoms with van der Waals surface area (Å²) in [6, 6.07) is 7.79. The first kappa shape index (κ1) is 13.8. The summed E-state index contributed by atoms with van der Waals surface area (Å²) >= 11 is 6.61. The number of aromatic carboxylic acids is 1. The summed E-state index contributed by atoms with van der Waals surface area (Å²) in [6.45, 7) is 0. The highest BCUT2D eigenvalue weighted by Crippen LogP contribution is 2.26. The number of rotatable bonds is 3. The van der Waals surface area contributed by atoms with Crippen LogP contribution in [0.25, 0.3) is 0 Å². The predicted octanol–water partition coefficient (Wildman–Crippen LogP) is 3.76. The number of nitrogens with one attached hydrogen (secondary N) is 1. The maximum absolute atomic E-state index is 11.9. The molecule has 0 fully saturated rings. The molecule has 19 heavy (non-hydrogen) atoms. The van der Waals surface area contributed by atoms with Gasteiger partial charge >= 0.3 is 5.97 Å². The van der Waals surface area contributed by atoms with E-state index in [1.165, 1.54) is 12.1 Å². The number of hydrogen-bond acceptors (Lipinski definition) is 3. The van der Waals surface area contributed by atoms with Gasteiger partial charge in [0.2, 0.25) is 5.76 Å². The lowest BCUT2D eigenvalue weighted by Crippen LogP contribution is -2.11. The van der Waals surface area contributed by atoms with Crippen LogP contribution in [-0.2, 0) is 0 Å². The third kappa shape index (κ3) is 3.24. The topological polar surface area (TPSA) is 79.5 Å². The molecule has 0 bridgehead atoms. The number of benzene rings is 1. The van der Waals surface area contributed by atoms with Gasteiger partial charge < -0.3 is 14.8 Å². The van der Waals surface area contributed by atoms with Crippen LogP contribution in [0.5, 0.6) is 0 Å². The molecule has 7 heteroatoms. The van der Waals surface area contributed by atoms with Crippen molar-refractivity contribution in [1.82, 2.24) is 0 Å². The fourth-order valence-corrected chi connectivity index (χ4v) is 2.50. The number of carbonyl (C=O) groups excluding carboxylic acids is 1. The number of amides is 1. The molecule has 98 valence electrons. The Bertz CT molecular complexity index is 651. The van der Waals surface area contributed by atoms with Crippen LogP contribution in [-0.4, -0.2) is 17.0 Å². The molecule has 2 rings (SSSR count). The molecule has 0 aliphatic carbocycles. The first-order chi connectivity index (χ1) is 8.97. The van der Waals surface area contributed by atoms with Crippen LogP contribution in [0.15, 0.2) is 43.7 Å². The molecule has 0 saturated heterocycles. The van der Waals surface area contributed by atoms with Gasteiger partial charge in [-0.1, -0.05) is 15.9 Å². The Balaban J connectivity index is 2.18. The SMILES string of the molecule is O=C(O)c1ccc(C(=O)Nc2ccc(Br)cc2Br)o1. The largest absolute Gasteiger partial charge is 0.475 e. The summed E-state index contributed by atoms with van der Waals surface area (Å²) < 4.78 is 6.47. The molecule has 0 saturated carbocycles. The maximum Gasteiger partial charge on any atom is 0.371 e. The molecule has 1 aromatic heterocycles. The van der Waals surface area contributed by atoms with Crippen LogP contribution >= 0.6 is 31.9 Å². The van der Waals surface area contributed by atoms with E-state index in [4.69, 9.17) is 9.52 Å². The average Bonchev–Trinajstić information content (AvgIpc) is 2.82. The summed E-state index contributed by atoms with van der Waals surface area (Å²) in [4.78, 5) is 22.5. The summed E-state index contributed by atoms with van der Waals surface area (Å²) in [5.74, 6) is -2.08. The van der Waals surface area contributed by atoms with Gasteiger partial charge in [0.25, 0.3) is 5.91 Å². The maximum atomic E-state index is 11.9. The van der Waals surface area contributed by atoms with Crippen molar-refractivity contribution >= 4 is 49.4 Å². The van der Waals surface area contributed by atoms with Crippen LogP contribution in [0, 0.1) is 0 Å². The van der Waals surface area contributed by atoms with Crippen molar-refractivity contribution in [3.63, 3.8) is 0 Å². The third-order valence-corrected chi connectivity index (χ3v) is 3.37. The van der Waals surface area contributed by atoms with Crippen molar-refractivity contribution in [1.29, 1.82) is 0 Å². The number of carboxylic acids is 1. The average molecular weight is 389 g/mol. The van der Waals surface area contributed by atoms with Gasteiger partial charge in [0.1, 0.15) is 0 Å². The zero-order valence-corrected chi connectivity index (χ0v) is 12.5. The van der Waals surface area contributed by atoms with Crippen molar-refractivity contribution in [3.05, 3.63) is 50.8 Å². The molecular weight excluding hydrogens is 382 g/mol. The molecule has 0 unspecified atom stereocenters. The molecule has 0 aliphatic rings. The van der Waals surface area contributed by atoms with Crippen LogP contribution in [0.2, 0.25) is 0 Å². The number of anilines is 1. The standard InChI is InChI=1S/C12H7Br2NO4/c13-6-1-2-8(7(14)5-6)15-11(16)9-3-4-10(19-9)12(17)18/h1-5H,(H,15,16)(H,17,18). The quantitative estimate of drug-likeness (QED) is 0.838. The van der Waals surface area contributed by atoms with E-state index in [0.717, 1.165) is 4.47 Å². The van der Waals surface area contributed by atoms with Crippen LogP contribution in [0.3, 0.4) is 0 Å². The fourth-order valence-electron chi connectivity index (χ4n) is 1.35. The lowest BCUT2D eigenvalue weighted by atomic mass is 10.3. The van der Waals surface area contributed by atoms with E-state index >= 15 is 0 Å². The van der Waals surface area contributed by atoms with Gasteiger partial charge in [-0.3, -0.25) is 4.79 Å². The molecule has 0 aliphatic heterocycles. The first-order valence-electron chi connectivity index (χ1n) is 5.07. The highest BCUT2D eigenvalue weighted by atomic mass is 79.9. The minimum absolute atomic E-state index is 0.0628.